The molecule has 2 aliphatic heterocycles. The molecule has 5 rings (SSSR count). The zero-order chi connectivity index (χ0) is 20.9. The van der Waals surface area contributed by atoms with Gasteiger partial charge in [-0.25, -0.2) is 4.98 Å². The van der Waals surface area contributed by atoms with Gasteiger partial charge in [0, 0.05) is 51.3 Å². The van der Waals surface area contributed by atoms with Gasteiger partial charge in [0.2, 0.25) is 0 Å². The van der Waals surface area contributed by atoms with Crippen LogP contribution in [0.3, 0.4) is 0 Å². The first-order valence-electron chi connectivity index (χ1n) is 10.6. The summed E-state index contributed by atoms with van der Waals surface area (Å²) in [5.74, 6) is 1.37. The van der Waals surface area contributed by atoms with E-state index in [1.165, 1.54) is 0 Å². The van der Waals surface area contributed by atoms with Gasteiger partial charge in [-0.3, -0.25) is 9.48 Å². The summed E-state index contributed by atoms with van der Waals surface area (Å²) in [7, 11) is 1.83. The molecule has 0 saturated carbocycles. The minimum absolute atomic E-state index is 0.0161. The van der Waals surface area contributed by atoms with E-state index in [9.17, 15) is 4.79 Å². The number of benzene rings is 1. The monoisotopic (exact) mass is 405 g/mol. The number of fused-ring (bicyclic) bond motifs is 4. The molecule has 3 aromatic rings. The molecular formula is C23H27N5O2. The van der Waals surface area contributed by atoms with Gasteiger partial charge < -0.3 is 14.2 Å². The lowest BCUT2D eigenvalue weighted by molar-refractivity contribution is -0.00776. The van der Waals surface area contributed by atoms with Crippen LogP contribution in [0.4, 0.5) is 0 Å². The Hall–Kier alpha value is -3.09. The van der Waals surface area contributed by atoms with Crippen LogP contribution in [-0.2, 0) is 19.2 Å². The normalized spacial score (nSPS) is 17.0. The Bertz CT molecular complexity index is 1090. The lowest BCUT2D eigenvalue weighted by atomic mass is 9.83. The van der Waals surface area contributed by atoms with Gasteiger partial charge in [-0.05, 0) is 24.1 Å². The van der Waals surface area contributed by atoms with E-state index in [0.717, 1.165) is 42.1 Å². The molecule has 4 heterocycles. The number of aromatic nitrogens is 4. The number of para-hydroxylation sites is 1. The molecule has 0 radical (unpaired) electrons. The predicted molar refractivity (Wildman–Crippen MR) is 113 cm³/mol. The summed E-state index contributed by atoms with van der Waals surface area (Å²) >= 11 is 0. The Morgan fingerprint density at radius 1 is 1.20 bits per heavy atom. The van der Waals surface area contributed by atoms with Crippen molar-refractivity contribution < 1.29 is 9.53 Å². The number of aryl methyl sites for hydroxylation is 1. The third-order valence-corrected chi connectivity index (χ3v) is 6.07. The van der Waals surface area contributed by atoms with Gasteiger partial charge in [-0.15, -0.1) is 0 Å². The van der Waals surface area contributed by atoms with Gasteiger partial charge in [0.05, 0.1) is 17.7 Å². The molecular weight excluding hydrogens is 378 g/mol. The minimum atomic E-state index is -0.462. The molecule has 2 aliphatic rings. The molecule has 1 spiro atoms. The number of piperidine rings is 1. The van der Waals surface area contributed by atoms with Crippen LogP contribution in [0.15, 0.2) is 42.9 Å². The summed E-state index contributed by atoms with van der Waals surface area (Å²) in [4.78, 5) is 19.6. The molecule has 0 bridgehead atoms. The van der Waals surface area contributed by atoms with Gasteiger partial charge in [0.25, 0.3) is 5.91 Å². The molecule has 156 valence electrons. The van der Waals surface area contributed by atoms with Gasteiger partial charge in [-0.2, -0.15) is 5.10 Å². The van der Waals surface area contributed by atoms with E-state index in [0.29, 0.717) is 24.7 Å². The van der Waals surface area contributed by atoms with E-state index >= 15 is 0 Å². The fourth-order valence-corrected chi connectivity index (χ4v) is 4.70. The number of carbonyl (C=O) groups excluding carboxylic acids is 1. The zero-order valence-electron chi connectivity index (χ0n) is 17.7. The fraction of sp³-hybridized carbons (Fsp3) is 0.435. The van der Waals surface area contributed by atoms with Gasteiger partial charge in [-0.1, -0.05) is 26.0 Å². The Morgan fingerprint density at radius 2 is 1.97 bits per heavy atom. The lowest BCUT2D eigenvalue weighted by Gasteiger charge is -2.44. The number of amides is 1. The molecule has 7 nitrogen and oxygen atoms in total. The summed E-state index contributed by atoms with van der Waals surface area (Å²) in [6.07, 6.45) is 5.22. The lowest BCUT2D eigenvalue weighted by Crippen LogP contribution is -2.50. The molecule has 0 unspecified atom stereocenters. The second kappa shape index (κ2) is 7.00. The Balaban J connectivity index is 1.48. The van der Waals surface area contributed by atoms with Crippen LogP contribution in [0.25, 0.3) is 11.3 Å². The first-order valence-corrected chi connectivity index (χ1v) is 10.6. The second-order valence-electron chi connectivity index (χ2n) is 8.75. The highest BCUT2D eigenvalue weighted by Crippen LogP contribution is 2.49. The number of hydrogen-bond donors (Lipinski definition) is 0. The number of imidazole rings is 1. The first-order chi connectivity index (χ1) is 14.5. The maximum Gasteiger partial charge on any atom is 0.274 e. The quantitative estimate of drug-likeness (QED) is 0.669. The minimum Gasteiger partial charge on any atom is -0.480 e. The largest absolute Gasteiger partial charge is 0.480 e. The maximum atomic E-state index is 12.9. The Labute approximate surface area is 176 Å². The summed E-state index contributed by atoms with van der Waals surface area (Å²) in [5, 5.41) is 4.27. The third-order valence-electron chi connectivity index (χ3n) is 6.07. The predicted octanol–water partition coefficient (Wildman–Crippen LogP) is 3.46. The smallest absolute Gasteiger partial charge is 0.274 e. The fourth-order valence-electron chi connectivity index (χ4n) is 4.70. The molecule has 30 heavy (non-hydrogen) atoms. The number of hydrogen-bond acceptors (Lipinski definition) is 4. The Kier molecular flexibility index (Phi) is 4.41. The molecule has 1 saturated heterocycles. The van der Waals surface area contributed by atoms with Crippen molar-refractivity contribution in [2.75, 3.05) is 13.1 Å². The van der Waals surface area contributed by atoms with Crippen LogP contribution in [-0.4, -0.2) is 43.2 Å². The molecule has 0 N–H and O–H groups in total. The molecule has 0 atom stereocenters. The van der Waals surface area contributed by atoms with Crippen LogP contribution >= 0.6 is 0 Å². The SMILES string of the molecule is CC(C)Cn1cnc2c1C1(CCN(C(=O)c3ccn(C)n3)CC1)Oc1ccccc1-2. The van der Waals surface area contributed by atoms with Crippen LogP contribution in [0, 0.1) is 5.92 Å². The van der Waals surface area contributed by atoms with Crippen molar-refractivity contribution in [2.24, 2.45) is 13.0 Å². The number of nitrogens with zero attached hydrogens (tertiary/aromatic N) is 5. The molecule has 0 aliphatic carbocycles. The van der Waals surface area contributed by atoms with E-state index in [2.05, 4.69) is 29.6 Å². The van der Waals surface area contributed by atoms with Gasteiger partial charge >= 0.3 is 0 Å². The van der Waals surface area contributed by atoms with Crippen molar-refractivity contribution in [1.82, 2.24) is 24.2 Å². The zero-order valence-corrected chi connectivity index (χ0v) is 17.7. The van der Waals surface area contributed by atoms with Crippen molar-refractivity contribution in [2.45, 2.75) is 38.8 Å². The summed E-state index contributed by atoms with van der Waals surface area (Å²) in [6, 6.07) is 9.90. The van der Waals surface area contributed by atoms with E-state index in [-0.39, 0.29) is 5.91 Å². The van der Waals surface area contributed by atoms with Crippen LogP contribution in [0.1, 0.15) is 42.9 Å². The number of rotatable bonds is 3. The molecule has 1 aromatic carbocycles. The highest BCUT2D eigenvalue weighted by atomic mass is 16.5. The first kappa shape index (κ1) is 18.9. The summed E-state index contributed by atoms with van der Waals surface area (Å²) in [6.45, 7) is 6.58. The second-order valence-corrected chi connectivity index (χ2v) is 8.75. The highest BCUT2D eigenvalue weighted by molar-refractivity contribution is 5.92. The van der Waals surface area contributed by atoms with Crippen molar-refractivity contribution in [3.8, 4) is 17.0 Å². The topological polar surface area (TPSA) is 65.2 Å². The number of likely N-dealkylation sites (tertiary alicyclic amines) is 1. The Morgan fingerprint density at radius 3 is 2.67 bits per heavy atom. The van der Waals surface area contributed by atoms with Gasteiger partial charge in [0.15, 0.2) is 5.60 Å². The maximum absolute atomic E-state index is 12.9. The standard InChI is InChI=1S/C23H27N5O2/c1-16(2)14-28-15-24-20-17-6-4-5-7-19(17)30-23(21(20)28)9-12-27(13-10-23)22(29)18-8-11-26(3)25-18/h4-8,11,15-16H,9-10,12-14H2,1-3H3. The van der Waals surface area contributed by atoms with E-state index in [4.69, 9.17) is 9.72 Å². The summed E-state index contributed by atoms with van der Waals surface area (Å²) < 4.78 is 10.6. The number of ether oxygens (including phenoxy) is 1. The van der Waals surface area contributed by atoms with Crippen molar-refractivity contribution in [3.05, 3.63) is 54.2 Å². The van der Waals surface area contributed by atoms with E-state index in [1.807, 2.05) is 36.5 Å². The van der Waals surface area contributed by atoms with Crippen LogP contribution in [0.5, 0.6) is 5.75 Å². The van der Waals surface area contributed by atoms with Gasteiger partial charge in [0.1, 0.15) is 11.4 Å². The van der Waals surface area contributed by atoms with Crippen LogP contribution < -0.4 is 4.74 Å². The molecule has 1 amide bonds. The van der Waals surface area contributed by atoms with Crippen molar-refractivity contribution in [3.63, 3.8) is 0 Å². The number of carbonyl (C=O) groups is 1. The van der Waals surface area contributed by atoms with E-state index < -0.39 is 5.60 Å². The molecule has 1 fully saturated rings. The van der Waals surface area contributed by atoms with Crippen molar-refractivity contribution >= 4 is 5.91 Å². The third kappa shape index (κ3) is 3.00. The molecule has 2 aromatic heterocycles. The average molecular weight is 406 g/mol. The van der Waals surface area contributed by atoms with Crippen LogP contribution in [0.2, 0.25) is 0 Å². The summed E-state index contributed by atoms with van der Waals surface area (Å²) in [5.41, 5.74) is 3.25. The van der Waals surface area contributed by atoms with Crippen molar-refractivity contribution in [1.29, 1.82) is 0 Å². The molecule has 7 heteroatoms. The van der Waals surface area contributed by atoms with E-state index in [1.54, 1.807) is 16.9 Å². The highest BCUT2D eigenvalue weighted by Gasteiger charge is 2.47. The average Bonchev–Trinajstić information content (AvgIpc) is 3.35.